The van der Waals surface area contributed by atoms with Gasteiger partial charge in [0.15, 0.2) is 5.75 Å². The van der Waals surface area contributed by atoms with Crippen molar-refractivity contribution in [2.75, 3.05) is 7.05 Å². The van der Waals surface area contributed by atoms with Gasteiger partial charge in [0.25, 0.3) is 0 Å². The summed E-state index contributed by atoms with van der Waals surface area (Å²) in [6.07, 6.45) is 0. The Morgan fingerprint density at radius 1 is 1.48 bits per heavy atom. The van der Waals surface area contributed by atoms with Crippen LogP contribution < -0.4 is 0 Å². The molecule has 112 valence electrons. The average molecular weight is 329 g/mol. The molecule has 0 bridgehead atoms. The van der Waals surface area contributed by atoms with Crippen LogP contribution in [0.25, 0.3) is 0 Å². The third-order valence-electron chi connectivity index (χ3n) is 2.72. The maximum atomic E-state index is 12.3. The van der Waals surface area contributed by atoms with Gasteiger partial charge in [-0.2, -0.15) is 4.31 Å². The summed E-state index contributed by atoms with van der Waals surface area (Å²) in [5.41, 5.74) is 1.51. The third-order valence-corrected chi connectivity index (χ3v) is 5.15. The first-order valence-corrected chi connectivity index (χ1v) is 8.01. The molecule has 0 aliphatic carbocycles. The number of aromatic hydroxyl groups is 1. The molecule has 1 heterocycles. The number of phenolic OH excluding ortho intramolecular Hbond substituents is 1. The zero-order valence-corrected chi connectivity index (χ0v) is 12.5. The molecule has 8 nitrogen and oxygen atoms in total. The second-order valence-electron chi connectivity index (χ2n) is 4.15. The van der Waals surface area contributed by atoms with Crippen LogP contribution in [0.1, 0.15) is 5.69 Å². The van der Waals surface area contributed by atoms with E-state index in [0.29, 0.717) is 5.69 Å². The quantitative estimate of drug-likeness (QED) is 0.658. The minimum absolute atomic E-state index is 0.0561. The minimum Gasteiger partial charge on any atom is -0.502 e. The Morgan fingerprint density at radius 3 is 2.76 bits per heavy atom. The lowest BCUT2D eigenvalue weighted by Gasteiger charge is -2.16. The number of rotatable bonds is 5. The number of phenols is 1. The molecule has 0 spiro atoms. The first kappa shape index (κ1) is 15.4. The fourth-order valence-corrected chi connectivity index (χ4v) is 3.33. The van der Waals surface area contributed by atoms with Gasteiger partial charge in [0, 0.05) is 18.5 Å². The van der Waals surface area contributed by atoms with Crippen molar-refractivity contribution < 1.29 is 18.4 Å². The van der Waals surface area contributed by atoms with Gasteiger partial charge in [-0.25, -0.2) is 13.4 Å². The topological polar surface area (TPSA) is 114 Å². The van der Waals surface area contributed by atoms with Gasteiger partial charge in [0.1, 0.15) is 0 Å². The van der Waals surface area contributed by atoms with E-state index in [-0.39, 0.29) is 11.4 Å². The van der Waals surface area contributed by atoms with E-state index in [0.717, 1.165) is 22.5 Å². The second-order valence-corrected chi connectivity index (χ2v) is 6.91. The lowest BCUT2D eigenvalue weighted by molar-refractivity contribution is -0.386. The number of nitro groups is 1. The number of nitro benzene ring substituents is 1. The Hall–Kier alpha value is -2.04. The molecule has 0 aliphatic rings. The highest BCUT2D eigenvalue weighted by Crippen LogP contribution is 2.29. The number of hydrogen-bond donors (Lipinski definition) is 1. The molecule has 0 radical (unpaired) electrons. The van der Waals surface area contributed by atoms with Crippen LogP contribution in [-0.4, -0.2) is 34.8 Å². The Kier molecular flexibility index (Phi) is 4.21. The summed E-state index contributed by atoms with van der Waals surface area (Å²) in [7, 11) is -2.55. The molecule has 0 atom stereocenters. The molecule has 0 unspecified atom stereocenters. The van der Waals surface area contributed by atoms with Crippen molar-refractivity contribution in [2.24, 2.45) is 0 Å². The normalized spacial score (nSPS) is 11.7. The van der Waals surface area contributed by atoms with Crippen molar-refractivity contribution in [3.05, 3.63) is 44.9 Å². The van der Waals surface area contributed by atoms with Crippen molar-refractivity contribution in [3.8, 4) is 5.75 Å². The molecule has 0 amide bonds. The lowest BCUT2D eigenvalue weighted by atomic mass is 10.3. The molecule has 1 aromatic heterocycles. The van der Waals surface area contributed by atoms with Gasteiger partial charge in [-0.3, -0.25) is 10.1 Å². The van der Waals surface area contributed by atoms with E-state index in [1.807, 2.05) is 0 Å². The molecule has 1 N–H and O–H groups in total. The fourth-order valence-electron chi connectivity index (χ4n) is 1.62. The predicted molar refractivity (Wildman–Crippen MR) is 75.5 cm³/mol. The first-order valence-electron chi connectivity index (χ1n) is 5.63. The van der Waals surface area contributed by atoms with Crippen molar-refractivity contribution in [1.82, 2.24) is 9.29 Å². The molecule has 21 heavy (non-hydrogen) atoms. The first-order chi connectivity index (χ1) is 9.82. The summed E-state index contributed by atoms with van der Waals surface area (Å²) in [6.45, 7) is 0.0561. The molecule has 0 aliphatic heterocycles. The number of sulfonamides is 1. The van der Waals surface area contributed by atoms with Gasteiger partial charge >= 0.3 is 5.69 Å². The average Bonchev–Trinajstić information content (AvgIpc) is 2.91. The number of benzene rings is 1. The maximum Gasteiger partial charge on any atom is 0.312 e. The van der Waals surface area contributed by atoms with Crippen molar-refractivity contribution in [3.63, 3.8) is 0 Å². The third kappa shape index (κ3) is 3.17. The zero-order valence-electron chi connectivity index (χ0n) is 10.8. The second kappa shape index (κ2) is 5.76. The van der Waals surface area contributed by atoms with E-state index in [2.05, 4.69) is 4.98 Å². The largest absolute Gasteiger partial charge is 0.502 e. The molecular weight excluding hydrogens is 318 g/mol. The van der Waals surface area contributed by atoms with Crippen LogP contribution in [0.4, 0.5) is 5.69 Å². The summed E-state index contributed by atoms with van der Waals surface area (Å²) in [4.78, 5) is 13.6. The van der Waals surface area contributed by atoms with Gasteiger partial charge in [-0.15, -0.1) is 11.3 Å². The molecule has 1 aromatic carbocycles. The van der Waals surface area contributed by atoms with Gasteiger partial charge in [-0.1, -0.05) is 0 Å². The fraction of sp³-hybridized carbons (Fsp3) is 0.182. The monoisotopic (exact) mass is 329 g/mol. The van der Waals surface area contributed by atoms with Crippen LogP contribution in [0.5, 0.6) is 5.75 Å². The lowest BCUT2D eigenvalue weighted by Crippen LogP contribution is -2.26. The molecule has 0 saturated heterocycles. The Balaban J connectivity index is 2.35. The number of nitrogens with zero attached hydrogens (tertiary/aromatic N) is 3. The van der Waals surface area contributed by atoms with E-state index in [9.17, 15) is 23.6 Å². The summed E-state index contributed by atoms with van der Waals surface area (Å²) in [6, 6.07) is 2.94. The Labute approximate surface area is 124 Å². The van der Waals surface area contributed by atoms with Gasteiger partial charge in [0.2, 0.25) is 10.0 Å². The maximum absolute atomic E-state index is 12.3. The highest BCUT2D eigenvalue weighted by Gasteiger charge is 2.25. The van der Waals surface area contributed by atoms with E-state index in [1.54, 1.807) is 10.9 Å². The summed E-state index contributed by atoms with van der Waals surface area (Å²) >= 11 is 1.34. The number of hydrogen-bond acceptors (Lipinski definition) is 7. The van der Waals surface area contributed by atoms with E-state index in [1.165, 1.54) is 18.4 Å². The number of aromatic nitrogens is 1. The molecule has 2 aromatic rings. The summed E-state index contributed by atoms with van der Waals surface area (Å²) in [5.74, 6) is -0.582. The van der Waals surface area contributed by atoms with Crippen molar-refractivity contribution in [2.45, 2.75) is 11.4 Å². The van der Waals surface area contributed by atoms with E-state index in [4.69, 9.17) is 0 Å². The summed E-state index contributed by atoms with van der Waals surface area (Å²) in [5, 5.41) is 21.8. The number of thiazole rings is 1. The summed E-state index contributed by atoms with van der Waals surface area (Å²) < 4.78 is 25.7. The minimum atomic E-state index is -3.91. The highest BCUT2D eigenvalue weighted by atomic mass is 32.2. The van der Waals surface area contributed by atoms with Crippen LogP contribution in [0, 0.1) is 10.1 Å². The SMILES string of the molecule is CN(Cc1cscn1)S(=O)(=O)c1ccc(O)c([N+](=O)[O-])c1. The predicted octanol–water partition coefficient (Wildman–Crippen LogP) is 1.58. The molecule has 0 saturated carbocycles. The van der Waals surface area contributed by atoms with Crippen LogP contribution >= 0.6 is 11.3 Å². The smallest absolute Gasteiger partial charge is 0.312 e. The van der Waals surface area contributed by atoms with Crippen molar-refractivity contribution in [1.29, 1.82) is 0 Å². The molecular formula is C11H11N3O5S2. The standard InChI is InChI=1S/C11H11N3O5S2/c1-13(5-8-6-20-7-12-8)21(18,19)9-2-3-11(15)10(4-9)14(16)17/h2-4,6-7,15H,5H2,1H3. The van der Waals surface area contributed by atoms with Crippen molar-refractivity contribution >= 4 is 27.0 Å². The van der Waals surface area contributed by atoms with Gasteiger partial charge < -0.3 is 5.11 Å². The molecule has 2 rings (SSSR count). The zero-order chi connectivity index (χ0) is 15.6. The highest BCUT2D eigenvalue weighted by molar-refractivity contribution is 7.89. The van der Waals surface area contributed by atoms with Crippen LogP contribution in [0.2, 0.25) is 0 Å². The van der Waals surface area contributed by atoms with Gasteiger partial charge in [-0.05, 0) is 12.1 Å². The van der Waals surface area contributed by atoms with Crippen LogP contribution in [0.15, 0.2) is 34.0 Å². The molecule has 10 heteroatoms. The Bertz CT molecular complexity index is 758. The van der Waals surface area contributed by atoms with Crippen LogP contribution in [-0.2, 0) is 16.6 Å². The molecule has 0 fully saturated rings. The van der Waals surface area contributed by atoms with E-state index < -0.39 is 26.4 Å². The Morgan fingerprint density at radius 2 is 2.19 bits per heavy atom. The van der Waals surface area contributed by atoms with Gasteiger partial charge in [0.05, 0.1) is 27.6 Å². The van der Waals surface area contributed by atoms with Crippen LogP contribution in [0.3, 0.4) is 0 Å². The van der Waals surface area contributed by atoms with E-state index >= 15 is 0 Å².